The van der Waals surface area contributed by atoms with Gasteiger partial charge in [-0.2, -0.15) is 0 Å². The van der Waals surface area contributed by atoms with E-state index in [1.165, 1.54) is 37.5 Å². The van der Waals surface area contributed by atoms with Crippen LogP contribution in [0.2, 0.25) is 0 Å². The molecule has 0 amide bonds. The van der Waals surface area contributed by atoms with Crippen LogP contribution < -0.4 is 4.74 Å². The molecule has 0 bridgehead atoms. The first kappa shape index (κ1) is 22.4. The smallest absolute Gasteiger partial charge is 0.210 e. The Kier molecular flexibility index (Phi) is 5.82. The summed E-state index contributed by atoms with van der Waals surface area (Å²) in [5.41, 5.74) is 1.70. The first-order chi connectivity index (χ1) is 15.7. The summed E-state index contributed by atoms with van der Waals surface area (Å²) in [5, 5.41) is 10.8. The second-order valence-electron chi connectivity index (χ2n) is 7.63. The first-order valence-corrected chi connectivity index (χ1v) is 11.6. The molecule has 0 aliphatic rings. The predicted octanol–water partition coefficient (Wildman–Crippen LogP) is 5.46. The van der Waals surface area contributed by atoms with Crippen molar-refractivity contribution in [2.24, 2.45) is 0 Å². The number of Topliss-reactive ketones (excluding diaryl/α,β-unsaturated/α-hetero) is 1. The zero-order chi connectivity index (χ0) is 23.8. The molecule has 0 aliphatic heterocycles. The van der Waals surface area contributed by atoms with Crippen LogP contribution in [0.15, 0.2) is 80.9 Å². The number of carbonyl (C=O) groups is 1. The number of phenolic OH excluding ortho intramolecular Hbond substituents is 1. The summed E-state index contributed by atoms with van der Waals surface area (Å²) in [6, 6.07) is 17.2. The summed E-state index contributed by atoms with van der Waals surface area (Å²) in [6.07, 6.45) is 1.32. The number of methoxy groups -OCH3 is 1. The van der Waals surface area contributed by atoms with Gasteiger partial charge in [0.25, 0.3) is 0 Å². The normalized spacial score (nSPS) is 12.2. The van der Waals surface area contributed by atoms with Gasteiger partial charge in [-0.05, 0) is 61.9 Å². The number of sulfone groups is 1. The molecule has 33 heavy (non-hydrogen) atoms. The summed E-state index contributed by atoms with van der Waals surface area (Å²) in [5.74, 6) is -0.00579. The third kappa shape index (κ3) is 4.15. The minimum Gasteiger partial charge on any atom is -0.507 e. The molecule has 6 nitrogen and oxygen atoms in total. The summed E-state index contributed by atoms with van der Waals surface area (Å²) in [4.78, 5) is 13.0. The summed E-state index contributed by atoms with van der Waals surface area (Å²) in [7, 11) is -2.71. The molecule has 7 heteroatoms. The highest BCUT2D eigenvalue weighted by Crippen LogP contribution is 2.35. The standard InChI is InChI=1S/C26H22O6S/c1-16-8-11-19(12-9-16)33(29,30)24(25(28)20-6-4-5-7-22(20)27)15-18-10-13-23(31-3)26-21(18)14-17(2)32-26/h4-15,27H,1-3H3/b24-15+. The summed E-state index contributed by atoms with van der Waals surface area (Å²) in [6.45, 7) is 3.61. The fraction of sp³-hybridized carbons (Fsp3) is 0.115. The number of fused-ring (bicyclic) bond motifs is 1. The topological polar surface area (TPSA) is 93.8 Å². The van der Waals surface area contributed by atoms with Crippen LogP contribution in [-0.4, -0.2) is 26.4 Å². The van der Waals surface area contributed by atoms with Gasteiger partial charge in [0, 0.05) is 5.39 Å². The molecule has 1 aromatic heterocycles. The minimum atomic E-state index is -4.22. The molecule has 4 rings (SSSR count). The van der Waals surface area contributed by atoms with Crippen LogP contribution in [0, 0.1) is 13.8 Å². The fourth-order valence-corrected chi connectivity index (χ4v) is 4.96. The number of benzene rings is 3. The van der Waals surface area contributed by atoms with Crippen LogP contribution in [0.4, 0.5) is 0 Å². The average molecular weight is 463 g/mol. The Hall–Kier alpha value is -3.84. The Balaban J connectivity index is 1.98. The van der Waals surface area contributed by atoms with Crippen molar-refractivity contribution in [3.8, 4) is 11.5 Å². The number of furan rings is 1. The van der Waals surface area contributed by atoms with E-state index in [-0.39, 0.29) is 16.2 Å². The second kappa shape index (κ2) is 8.60. The van der Waals surface area contributed by atoms with Gasteiger partial charge in [-0.1, -0.05) is 35.9 Å². The van der Waals surface area contributed by atoms with Gasteiger partial charge in [-0.25, -0.2) is 8.42 Å². The minimum absolute atomic E-state index is 0.0174. The molecule has 0 spiro atoms. The molecule has 0 fully saturated rings. The lowest BCUT2D eigenvalue weighted by Gasteiger charge is -2.11. The highest BCUT2D eigenvalue weighted by atomic mass is 32.2. The predicted molar refractivity (Wildman–Crippen MR) is 126 cm³/mol. The molecule has 1 N–H and O–H groups in total. The van der Waals surface area contributed by atoms with Gasteiger partial charge in [0.1, 0.15) is 16.4 Å². The van der Waals surface area contributed by atoms with Gasteiger partial charge in [0.15, 0.2) is 11.3 Å². The number of rotatable bonds is 6. The van der Waals surface area contributed by atoms with Crippen LogP contribution in [0.25, 0.3) is 17.0 Å². The Morgan fingerprint density at radius 1 is 1.00 bits per heavy atom. The van der Waals surface area contributed by atoms with Crippen molar-refractivity contribution in [3.05, 3.63) is 94.1 Å². The second-order valence-corrected chi connectivity index (χ2v) is 9.55. The van der Waals surface area contributed by atoms with Crippen LogP contribution in [0.5, 0.6) is 11.5 Å². The van der Waals surface area contributed by atoms with Crippen molar-refractivity contribution in [1.29, 1.82) is 0 Å². The van der Waals surface area contributed by atoms with E-state index in [9.17, 15) is 18.3 Å². The molecule has 0 saturated carbocycles. The molecule has 0 atom stereocenters. The Morgan fingerprint density at radius 3 is 2.36 bits per heavy atom. The van der Waals surface area contributed by atoms with Gasteiger partial charge in [0.05, 0.1) is 17.6 Å². The van der Waals surface area contributed by atoms with Gasteiger partial charge in [0.2, 0.25) is 15.6 Å². The van der Waals surface area contributed by atoms with Gasteiger partial charge in [-0.15, -0.1) is 0 Å². The molecule has 0 aliphatic carbocycles. The molecular formula is C26H22O6S. The van der Waals surface area contributed by atoms with Crippen molar-refractivity contribution >= 4 is 32.7 Å². The molecule has 1 heterocycles. The van der Waals surface area contributed by atoms with Crippen molar-refractivity contribution in [2.75, 3.05) is 7.11 Å². The highest BCUT2D eigenvalue weighted by Gasteiger charge is 2.30. The Labute approximate surface area is 191 Å². The number of ketones is 1. The van der Waals surface area contributed by atoms with E-state index in [1.54, 1.807) is 49.4 Å². The summed E-state index contributed by atoms with van der Waals surface area (Å²) < 4.78 is 38.3. The van der Waals surface area contributed by atoms with Crippen LogP contribution in [0.3, 0.4) is 0 Å². The number of allylic oxidation sites excluding steroid dienone is 1. The van der Waals surface area contributed by atoms with Gasteiger partial charge in [-0.3, -0.25) is 4.79 Å². The van der Waals surface area contributed by atoms with Crippen LogP contribution in [0.1, 0.15) is 27.2 Å². The number of aromatic hydroxyl groups is 1. The molecule has 0 radical (unpaired) electrons. The lowest BCUT2D eigenvalue weighted by Crippen LogP contribution is -2.15. The number of ether oxygens (including phenoxy) is 1. The summed E-state index contributed by atoms with van der Waals surface area (Å²) >= 11 is 0. The number of hydrogen-bond acceptors (Lipinski definition) is 6. The molecule has 0 saturated heterocycles. The maximum atomic E-state index is 13.6. The van der Waals surface area contributed by atoms with E-state index >= 15 is 0 Å². The maximum Gasteiger partial charge on any atom is 0.210 e. The third-order valence-corrected chi connectivity index (χ3v) is 7.08. The molecule has 3 aromatic carbocycles. The quantitative estimate of drug-likeness (QED) is 0.302. The lowest BCUT2D eigenvalue weighted by atomic mass is 10.1. The van der Waals surface area contributed by atoms with E-state index in [4.69, 9.17) is 9.15 Å². The van der Waals surface area contributed by atoms with Crippen LogP contribution >= 0.6 is 0 Å². The van der Waals surface area contributed by atoms with Gasteiger partial charge >= 0.3 is 0 Å². The maximum absolute atomic E-state index is 13.6. The third-order valence-electron chi connectivity index (χ3n) is 5.30. The average Bonchev–Trinajstić information content (AvgIpc) is 3.19. The molecule has 168 valence electrons. The molecular weight excluding hydrogens is 440 g/mol. The largest absolute Gasteiger partial charge is 0.507 e. The van der Waals surface area contributed by atoms with Crippen molar-refractivity contribution in [2.45, 2.75) is 18.7 Å². The number of aryl methyl sites for hydroxylation is 2. The number of carbonyl (C=O) groups excluding carboxylic acids is 1. The van der Waals surface area contributed by atoms with Crippen molar-refractivity contribution in [3.63, 3.8) is 0 Å². The zero-order valence-electron chi connectivity index (χ0n) is 18.3. The van der Waals surface area contributed by atoms with E-state index < -0.39 is 20.5 Å². The van der Waals surface area contributed by atoms with Crippen molar-refractivity contribution in [1.82, 2.24) is 0 Å². The van der Waals surface area contributed by atoms with E-state index in [1.807, 2.05) is 6.92 Å². The first-order valence-electron chi connectivity index (χ1n) is 10.2. The van der Waals surface area contributed by atoms with Crippen LogP contribution in [-0.2, 0) is 9.84 Å². The zero-order valence-corrected chi connectivity index (χ0v) is 19.1. The van der Waals surface area contributed by atoms with E-state index in [0.29, 0.717) is 28.0 Å². The number of phenols is 1. The number of hydrogen-bond donors (Lipinski definition) is 1. The molecule has 0 unspecified atom stereocenters. The van der Waals surface area contributed by atoms with Gasteiger partial charge < -0.3 is 14.3 Å². The van der Waals surface area contributed by atoms with Crippen molar-refractivity contribution < 1.29 is 27.5 Å². The molecule has 4 aromatic rings. The highest BCUT2D eigenvalue weighted by molar-refractivity contribution is 7.96. The van der Waals surface area contributed by atoms with E-state index in [2.05, 4.69) is 0 Å². The number of para-hydroxylation sites is 1. The lowest BCUT2D eigenvalue weighted by molar-refractivity contribution is 0.104. The monoisotopic (exact) mass is 462 g/mol. The Bertz CT molecular complexity index is 1490. The fourth-order valence-electron chi connectivity index (χ4n) is 3.58. The van der Waals surface area contributed by atoms with E-state index in [0.717, 1.165) is 5.56 Å². The SMILES string of the molecule is COc1ccc(/C=C(\C(=O)c2ccccc2O)S(=O)(=O)c2ccc(C)cc2)c2cc(C)oc12. The Morgan fingerprint density at radius 2 is 1.70 bits per heavy atom.